The Hall–Kier alpha value is -1.62. The van der Waals surface area contributed by atoms with Crippen molar-refractivity contribution in [2.24, 2.45) is 0 Å². The lowest BCUT2D eigenvalue weighted by molar-refractivity contribution is 0.111. The molecule has 5 heteroatoms. The van der Waals surface area contributed by atoms with E-state index in [0.717, 1.165) is 10.8 Å². The Bertz CT molecular complexity index is 497. The molecule has 0 unspecified atom stereocenters. The molecule has 0 aliphatic carbocycles. The molecule has 0 amide bonds. The summed E-state index contributed by atoms with van der Waals surface area (Å²) < 4.78 is 8.33. The molecule has 0 saturated heterocycles. The highest BCUT2D eigenvalue weighted by Gasteiger charge is 2.03. The van der Waals surface area contributed by atoms with Crippen molar-refractivity contribution >= 4 is 22.2 Å². The zero-order chi connectivity index (χ0) is 12.1. The van der Waals surface area contributed by atoms with Gasteiger partial charge in [0.1, 0.15) is 12.4 Å². The van der Waals surface area contributed by atoms with Crippen molar-refractivity contribution in [1.29, 1.82) is 0 Å². The van der Waals surface area contributed by atoms with E-state index in [1.165, 1.54) is 0 Å². The first-order chi connectivity index (χ1) is 8.29. The van der Waals surface area contributed by atoms with Crippen LogP contribution in [0.1, 0.15) is 10.4 Å². The molecule has 0 N–H and O–H groups in total. The van der Waals surface area contributed by atoms with Crippen molar-refractivity contribution in [3.63, 3.8) is 0 Å². The topological polar surface area (TPSA) is 44.1 Å². The smallest absolute Gasteiger partial charge is 0.153 e. The Kier molecular flexibility index (Phi) is 3.93. The summed E-state index contributed by atoms with van der Waals surface area (Å²) in [7, 11) is 0. The van der Waals surface area contributed by atoms with Crippen LogP contribution < -0.4 is 4.74 Å². The van der Waals surface area contributed by atoms with Crippen molar-refractivity contribution in [3.05, 3.63) is 47.0 Å². The second kappa shape index (κ2) is 5.63. The number of hydrogen-bond donors (Lipinski definition) is 0. The van der Waals surface area contributed by atoms with Gasteiger partial charge in [0.2, 0.25) is 0 Å². The fourth-order valence-corrected chi connectivity index (χ4v) is 1.80. The van der Waals surface area contributed by atoms with E-state index in [2.05, 4.69) is 20.9 Å². The van der Waals surface area contributed by atoms with Gasteiger partial charge in [-0.3, -0.25) is 4.79 Å². The number of halogens is 1. The molecular formula is C12H11BrN2O2. The van der Waals surface area contributed by atoms with Gasteiger partial charge >= 0.3 is 0 Å². The monoisotopic (exact) mass is 294 g/mol. The average Bonchev–Trinajstić information content (AvgIpc) is 2.84. The molecule has 0 radical (unpaired) electrons. The number of ether oxygens (including phenoxy) is 1. The highest BCUT2D eigenvalue weighted by molar-refractivity contribution is 9.10. The largest absolute Gasteiger partial charge is 0.491 e. The van der Waals surface area contributed by atoms with Crippen LogP contribution >= 0.6 is 15.9 Å². The maximum atomic E-state index is 10.9. The molecule has 0 aliphatic heterocycles. The summed E-state index contributed by atoms with van der Waals surface area (Å²) in [5, 5.41) is 0. The summed E-state index contributed by atoms with van der Waals surface area (Å²) >= 11 is 3.31. The molecule has 2 rings (SSSR count). The molecule has 0 bridgehead atoms. The number of aromatic nitrogens is 2. The summed E-state index contributed by atoms with van der Waals surface area (Å²) in [6, 6.07) is 5.36. The number of nitrogens with zero attached hydrogens (tertiary/aromatic N) is 2. The third-order valence-electron chi connectivity index (χ3n) is 2.27. The van der Waals surface area contributed by atoms with E-state index in [0.29, 0.717) is 24.5 Å². The van der Waals surface area contributed by atoms with E-state index >= 15 is 0 Å². The molecule has 1 aromatic heterocycles. The van der Waals surface area contributed by atoms with Crippen LogP contribution in [0.4, 0.5) is 0 Å². The van der Waals surface area contributed by atoms with Crippen LogP contribution in [0.25, 0.3) is 0 Å². The number of hydrogen-bond acceptors (Lipinski definition) is 3. The number of imidazole rings is 1. The number of benzene rings is 1. The van der Waals surface area contributed by atoms with Crippen LogP contribution in [0.3, 0.4) is 0 Å². The second-order valence-corrected chi connectivity index (χ2v) is 4.36. The second-order valence-electron chi connectivity index (χ2n) is 3.45. The molecule has 17 heavy (non-hydrogen) atoms. The number of rotatable bonds is 5. The fraction of sp³-hybridized carbons (Fsp3) is 0.167. The Morgan fingerprint density at radius 3 is 3.06 bits per heavy atom. The lowest BCUT2D eigenvalue weighted by atomic mass is 10.2. The summed E-state index contributed by atoms with van der Waals surface area (Å²) in [4.78, 5) is 14.8. The normalized spacial score (nSPS) is 10.2. The molecule has 0 fully saturated rings. The molecule has 0 atom stereocenters. The summed E-state index contributed by atoms with van der Waals surface area (Å²) in [6.45, 7) is 1.20. The molecule has 2 aromatic rings. The Labute approximate surface area is 107 Å². The van der Waals surface area contributed by atoms with Crippen LogP contribution in [0, 0.1) is 0 Å². The van der Waals surface area contributed by atoms with E-state index in [-0.39, 0.29) is 0 Å². The van der Waals surface area contributed by atoms with Crippen molar-refractivity contribution in [2.45, 2.75) is 6.54 Å². The minimum Gasteiger partial charge on any atom is -0.491 e. The van der Waals surface area contributed by atoms with Gasteiger partial charge in [-0.2, -0.15) is 0 Å². The standard InChI is InChI=1S/C12H11BrN2O2/c13-11-1-2-12(10(7-11)8-16)17-6-5-15-4-3-14-9-15/h1-4,7-9H,5-6H2. The van der Waals surface area contributed by atoms with Gasteiger partial charge in [0.25, 0.3) is 0 Å². The molecule has 1 aromatic carbocycles. The maximum absolute atomic E-state index is 10.9. The van der Waals surface area contributed by atoms with Crippen molar-refractivity contribution in [1.82, 2.24) is 9.55 Å². The molecule has 0 saturated carbocycles. The van der Waals surface area contributed by atoms with Crippen LogP contribution in [-0.4, -0.2) is 22.4 Å². The van der Waals surface area contributed by atoms with E-state index < -0.39 is 0 Å². The first-order valence-electron chi connectivity index (χ1n) is 5.13. The predicted octanol–water partition coefficient (Wildman–Crippen LogP) is 2.54. The van der Waals surface area contributed by atoms with Gasteiger partial charge in [-0.25, -0.2) is 4.98 Å². The van der Waals surface area contributed by atoms with Gasteiger partial charge in [0, 0.05) is 16.9 Å². The quantitative estimate of drug-likeness (QED) is 0.796. The van der Waals surface area contributed by atoms with E-state index in [1.54, 1.807) is 24.7 Å². The lowest BCUT2D eigenvalue weighted by Gasteiger charge is -2.08. The van der Waals surface area contributed by atoms with E-state index in [9.17, 15) is 4.79 Å². The fourth-order valence-electron chi connectivity index (χ4n) is 1.42. The van der Waals surface area contributed by atoms with Gasteiger partial charge in [-0.15, -0.1) is 0 Å². The van der Waals surface area contributed by atoms with Crippen molar-refractivity contribution < 1.29 is 9.53 Å². The first-order valence-corrected chi connectivity index (χ1v) is 5.92. The summed E-state index contributed by atoms with van der Waals surface area (Å²) in [5.74, 6) is 0.600. The Morgan fingerprint density at radius 1 is 1.47 bits per heavy atom. The van der Waals surface area contributed by atoms with Gasteiger partial charge in [0.05, 0.1) is 18.4 Å². The first kappa shape index (κ1) is 11.9. The Morgan fingerprint density at radius 2 is 2.35 bits per heavy atom. The van der Waals surface area contributed by atoms with Gasteiger partial charge in [-0.05, 0) is 18.2 Å². The van der Waals surface area contributed by atoms with Crippen LogP contribution in [-0.2, 0) is 6.54 Å². The molecule has 0 spiro atoms. The number of carbonyl (C=O) groups excluding carboxylic acids is 1. The third-order valence-corrected chi connectivity index (χ3v) is 2.76. The molecule has 88 valence electrons. The van der Waals surface area contributed by atoms with E-state index in [4.69, 9.17) is 4.74 Å². The van der Waals surface area contributed by atoms with E-state index in [1.807, 2.05) is 16.8 Å². The SMILES string of the molecule is O=Cc1cc(Br)ccc1OCCn1ccnc1. The van der Waals surface area contributed by atoms with Crippen LogP contribution in [0.5, 0.6) is 5.75 Å². The minimum atomic E-state index is 0.499. The molecular weight excluding hydrogens is 284 g/mol. The number of aldehydes is 1. The third kappa shape index (κ3) is 3.17. The Balaban J connectivity index is 1.96. The molecule has 0 aliphatic rings. The zero-order valence-corrected chi connectivity index (χ0v) is 10.6. The van der Waals surface area contributed by atoms with Gasteiger partial charge in [-0.1, -0.05) is 15.9 Å². The molecule has 4 nitrogen and oxygen atoms in total. The number of carbonyl (C=O) groups is 1. The maximum Gasteiger partial charge on any atom is 0.153 e. The zero-order valence-electron chi connectivity index (χ0n) is 9.04. The van der Waals surface area contributed by atoms with Crippen molar-refractivity contribution in [2.75, 3.05) is 6.61 Å². The highest BCUT2D eigenvalue weighted by Crippen LogP contribution is 2.21. The lowest BCUT2D eigenvalue weighted by Crippen LogP contribution is -2.07. The predicted molar refractivity (Wildman–Crippen MR) is 67.3 cm³/mol. The average molecular weight is 295 g/mol. The van der Waals surface area contributed by atoms with Crippen LogP contribution in [0.15, 0.2) is 41.4 Å². The van der Waals surface area contributed by atoms with Gasteiger partial charge < -0.3 is 9.30 Å². The van der Waals surface area contributed by atoms with Crippen LogP contribution in [0.2, 0.25) is 0 Å². The minimum absolute atomic E-state index is 0.499. The summed E-state index contributed by atoms with van der Waals surface area (Å²) in [6.07, 6.45) is 6.10. The summed E-state index contributed by atoms with van der Waals surface area (Å²) in [5.41, 5.74) is 0.546. The van der Waals surface area contributed by atoms with Gasteiger partial charge in [0.15, 0.2) is 6.29 Å². The molecule has 1 heterocycles. The highest BCUT2D eigenvalue weighted by atomic mass is 79.9. The van der Waals surface area contributed by atoms with Crippen molar-refractivity contribution in [3.8, 4) is 5.75 Å².